The Bertz CT molecular complexity index is 207. The molecule has 2 saturated heterocycles. The zero-order valence-electron chi connectivity index (χ0n) is 8.26. The summed E-state index contributed by atoms with van der Waals surface area (Å²) in [5.74, 6) is 0. The van der Waals surface area contributed by atoms with Gasteiger partial charge in [-0.1, -0.05) is 0 Å². The molecule has 2 fully saturated rings. The Morgan fingerprint density at radius 2 is 1.93 bits per heavy atom. The average molecular weight is 348 g/mol. The number of halogens is 1. The molecule has 2 rings (SSSR count). The Morgan fingerprint density at radius 1 is 1.27 bits per heavy atom. The van der Waals surface area contributed by atoms with Crippen molar-refractivity contribution in [3.8, 4) is 0 Å². The number of hydrogen-bond donors (Lipinski definition) is 0. The van der Waals surface area contributed by atoms with E-state index in [1.165, 1.54) is 9.21 Å². The van der Waals surface area contributed by atoms with Crippen LogP contribution < -0.4 is 0 Å². The second kappa shape index (κ2) is 5.99. The standard InChI is InChI=1S/C8H13IO5S/c1-10-4-13-5-2-11-8-6(14-15-9)3-12-7(5)8/h5-8H,2-4H2,1H3/t5?,6?,7-,8-/m1/s1. The van der Waals surface area contributed by atoms with Gasteiger partial charge in [-0.3, -0.25) is 4.18 Å². The maximum Gasteiger partial charge on any atom is 0.146 e. The van der Waals surface area contributed by atoms with E-state index in [0.29, 0.717) is 13.2 Å². The van der Waals surface area contributed by atoms with E-state index in [9.17, 15) is 0 Å². The Labute approximate surface area is 105 Å². The zero-order valence-corrected chi connectivity index (χ0v) is 11.2. The summed E-state index contributed by atoms with van der Waals surface area (Å²) in [5, 5.41) is 0. The maximum atomic E-state index is 5.60. The Morgan fingerprint density at radius 3 is 2.60 bits per heavy atom. The topological polar surface area (TPSA) is 46.2 Å². The van der Waals surface area contributed by atoms with E-state index in [2.05, 4.69) is 21.2 Å². The lowest BCUT2D eigenvalue weighted by Gasteiger charge is -2.15. The van der Waals surface area contributed by atoms with E-state index >= 15 is 0 Å². The fraction of sp³-hybridized carbons (Fsp3) is 1.00. The van der Waals surface area contributed by atoms with Crippen molar-refractivity contribution in [3.05, 3.63) is 0 Å². The third kappa shape index (κ3) is 2.76. The van der Waals surface area contributed by atoms with Crippen LogP contribution in [0.1, 0.15) is 0 Å². The summed E-state index contributed by atoms with van der Waals surface area (Å²) < 4.78 is 27.0. The van der Waals surface area contributed by atoms with Gasteiger partial charge >= 0.3 is 0 Å². The van der Waals surface area contributed by atoms with E-state index in [0.717, 1.165) is 0 Å². The molecule has 0 amide bonds. The van der Waals surface area contributed by atoms with Crippen LogP contribution in [0.25, 0.3) is 0 Å². The molecule has 0 N–H and O–H groups in total. The minimum atomic E-state index is -0.0391. The van der Waals surface area contributed by atoms with Crippen molar-refractivity contribution in [2.75, 3.05) is 27.1 Å². The van der Waals surface area contributed by atoms with Gasteiger partial charge in [-0.15, -0.1) is 0 Å². The molecule has 7 heteroatoms. The first-order valence-corrected chi connectivity index (χ1v) is 7.93. The molecule has 0 aromatic heterocycles. The molecule has 0 radical (unpaired) electrons. The van der Waals surface area contributed by atoms with Crippen molar-refractivity contribution in [1.29, 1.82) is 0 Å². The van der Waals surface area contributed by atoms with Crippen molar-refractivity contribution < 1.29 is 23.1 Å². The summed E-state index contributed by atoms with van der Waals surface area (Å²) in [5.41, 5.74) is 0. The van der Waals surface area contributed by atoms with Crippen LogP contribution in [0, 0.1) is 0 Å². The molecule has 0 aliphatic carbocycles. The van der Waals surface area contributed by atoms with Crippen LogP contribution in [-0.4, -0.2) is 51.5 Å². The van der Waals surface area contributed by atoms with Gasteiger partial charge in [-0.2, -0.15) is 0 Å². The van der Waals surface area contributed by atoms with Gasteiger partial charge in [-0.25, -0.2) is 0 Å². The van der Waals surface area contributed by atoms with Crippen LogP contribution in [-0.2, 0) is 23.1 Å². The molecule has 2 aliphatic heterocycles. The average Bonchev–Trinajstić information content (AvgIpc) is 2.79. The van der Waals surface area contributed by atoms with Crippen LogP contribution in [0.5, 0.6) is 0 Å². The van der Waals surface area contributed by atoms with Crippen molar-refractivity contribution in [2.24, 2.45) is 0 Å². The van der Waals surface area contributed by atoms with Gasteiger partial charge in [0.15, 0.2) is 0 Å². The molecule has 0 bridgehead atoms. The van der Waals surface area contributed by atoms with Gasteiger partial charge in [0.05, 0.1) is 22.4 Å². The molecule has 0 aromatic rings. The lowest BCUT2D eigenvalue weighted by molar-refractivity contribution is -0.106. The highest BCUT2D eigenvalue weighted by Gasteiger charge is 2.49. The van der Waals surface area contributed by atoms with E-state index in [-0.39, 0.29) is 31.2 Å². The highest BCUT2D eigenvalue weighted by molar-refractivity contribution is 14.2. The minimum Gasteiger partial charge on any atom is -0.370 e. The molecule has 2 aliphatic rings. The predicted molar refractivity (Wildman–Crippen MR) is 62.7 cm³/mol. The van der Waals surface area contributed by atoms with Gasteiger partial charge in [0.25, 0.3) is 0 Å². The van der Waals surface area contributed by atoms with Crippen molar-refractivity contribution >= 4 is 30.4 Å². The molecular formula is C8H13IO5S. The summed E-state index contributed by atoms with van der Waals surface area (Å²) in [4.78, 5) is 0. The van der Waals surface area contributed by atoms with E-state index in [1.54, 1.807) is 7.11 Å². The van der Waals surface area contributed by atoms with Crippen molar-refractivity contribution in [2.45, 2.75) is 24.4 Å². The summed E-state index contributed by atoms with van der Waals surface area (Å²) in [6.45, 7) is 1.38. The molecule has 5 nitrogen and oxygen atoms in total. The number of fused-ring (bicyclic) bond motifs is 1. The Kier molecular flexibility index (Phi) is 4.93. The number of rotatable bonds is 5. The van der Waals surface area contributed by atoms with Gasteiger partial charge in [0.1, 0.15) is 31.2 Å². The first-order valence-electron chi connectivity index (χ1n) is 4.64. The monoisotopic (exact) mass is 348 g/mol. The van der Waals surface area contributed by atoms with Crippen LogP contribution in [0.3, 0.4) is 0 Å². The second-order valence-electron chi connectivity index (χ2n) is 3.41. The van der Waals surface area contributed by atoms with Gasteiger partial charge in [0.2, 0.25) is 0 Å². The number of methoxy groups -OCH3 is 1. The fourth-order valence-corrected chi connectivity index (χ4v) is 2.92. The van der Waals surface area contributed by atoms with Crippen molar-refractivity contribution in [3.63, 3.8) is 0 Å². The SMILES string of the molecule is COCOC1CO[C@@H]2C(OSI)CO[C@H]12. The van der Waals surface area contributed by atoms with Gasteiger partial charge < -0.3 is 18.9 Å². The highest BCUT2D eigenvalue weighted by Crippen LogP contribution is 2.33. The van der Waals surface area contributed by atoms with Gasteiger partial charge in [-0.05, 0) is 0 Å². The Balaban J connectivity index is 1.85. The second-order valence-corrected chi connectivity index (χ2v) is 4.80. The van der Waals surface area contributed by atoms with E-state index in [4.69, 9.17) is 23.1 Å². The number of hydrogen-bond acceptors (Lipinski definition) is 6. The molecule has 2 heterocycles. The molecule has 0 spiro atoms. The summed E-state index contributed by atoms with van der Waals surface area (Å²) in [7, 11) is 2.91. The van der Waals surface area contributed by atoms with Crippen LogP contribution >= 0.6 is 30.4 Å². The fourth-order valence-electron chi connectivity index (χ4n) is 1.86. The highest BCUT2D eigenvalue weighted by atomic mass is 127. The molecule has 88 valence electrons. The third-order valence-corrected chi connectivity index (χ3v) is 3.47. The minimum absolute atomic E-state index is 0.00544. The first kappa shape index (κ1) is 12.3. The molecule has 15 heavy (non-hydrogen) atoms. The van der Waals surface area contributed by atoms with Crippen LogP contribution in [0.15, 0.2) is 0 Å². The third-order valence-electron chi connectivity index (χ3n) is 2.52. The normalized spacial score (nSPS) is 39.6. The summed E-state index contributed by atoms with van der Waals surface area (Å²) >= 11 is 2.09. The number of ether oxygens (including phenoxy) is 4. The van der Waals surface area contributed by atoms with Crippen LogP contribution in [0.2, 0.25) is 0 Å². The smallest absolute Gasteiger partial charge is 0.146 e. The largest absolute Gasteiger partial charge is 0.370 e. The summed E-state index contributed by atoms with van der Waals surface area (Å²) in [6.07, 6.45) is -0.0568. The molecule has 4 atom stereocenters. The maximum absolute atomic E-state index is 5.60. The predicted octanol–water partition coefficient (Wildman–Crippen LogP) is 1.16. The molecular weight excluding hydrogens is 335 g/mol. The van der Waals surface area contributed by atoms with Crippen LogP contribution in [0.4, 0.5) is 0 Å². The van der Waals surface area contributed by atoms with Crippen molar-refractivity contribution in [1.82, 2.24) is 0 Å². The zero-order chi connectivity index (χ0) is 10.7. The molecule has 0 saturated carbocycles. The molecule has 0 aromatic carbocycles. The quantitative estimate of drug-likeness (QED) is 0.422. The Hall–Kier alpha value is 0.880. The van der Waals surface area contributed by atoms with E-state index in [1.807, 2.05) is 0 Å². The first-order chi connectivity index (χ1) is 7.36. The lowest BCUT2D eigenvalue weighted by atomic mass is 10.1. The van der Waals surface area contributed by atoms with Gasteiger partial charge in [0, 0.05) is 28.3 Å². The lowest BCUT2D eigenvalue weighted by Crippen LogP contribution is -2.33. The summed E-state index contributed by atoms with van der Waals surface area (Å²) in [6, 6.07) is 0. The molecule has 2 unspecified atom stereocenters. The van der Waals surface area contributed by atoms with E-state index < -0.39 is 0 Å².